The zero-order valence-corrected chi connectivity index (χ0v) is 46.0. The van der Waals surface area contributed by atoms with Crippen LogP contribution in [-0.2, 0) is 28.6 Å². The van der Waals surface area contributed by atoms with E-state index in [1.54, 1.807) is 0 Å². The number of rotatable bonds is 55. The molecule has 0 aliphatic rings. The molecule has 0 aromatic heterocycles. The van der Waals surface area contributed by atoms with Gasteiger partial charge in [0.25, 0.3) is 0 Å². The number of ether oxygens (including phenoxy) is 3. The molecule has 6 heteroatoms. The number of esters is 3. The van der Waals surface area contributed by atoms with E-state index in [-0.39, 0.29) is 31.1 Å². The average Bonchev–Trinajstić information content (AvgIpc) is 3.30. The molecule has 0 saturated heterocycles. The van der Waals surface area contributed by atoms with Crippen LogP contribution in [0.5, 0.6) is 0 Å². The van der Waals surface area contributed by atoms with Crippen molar-refractivity contribution in [3.05, 3.63) is 0 Å². The lowest BCUT2D eigenvalue weighted by Crippen LogP contribution is -2.30. The molecule has 0 aliphatic carbocycles. The molecule has 0 aromatic carbocycles. The molecule has 398 valence electrons. The minimum Gasteiger partial charge on any atom is -0.462 e. The van der Waals surface area contributed by atoms with Gasteiger partial charge in [-0.3, -0.25) is 14.4 Å². The van der Waals surface area contributed by atoms with Gasteiger partial charge in [0.2, 0.25) is 0 Å². The lowest BCUT2D eigenvalue weighted by Gasteiger charge is -2.18. The standard InChI is InChI=1S/C61H118O6/c1-6-7-8-9-10-11-12-13-14-15-16-17-20-28-33-38-43-48-53-61(64)67-58(55-66-60(63)52-47-42-37-32-27-23-22-25-30-35-40-45-50-57(4)5)54-65-59(62)51-46-41-36-31-26-21-18-19-24-29-34-39-44-49-56(2)3/h56-58H,6-55H2,1-5H3/t58-/m0/s1. The average molecular weight is 948 g/mol. The monoisotopic (exact) mass is 947 g/mol. The third kappa shape index (κ3) is 55.2. The predicted octanol–water partition coefficient (Wildman–Crippen LogP) is 20.0. The molecule has 0 heterocycles. The molecule has 67 heavy (non-hydrogen) atoms. The van der Waals surface area contributed by atoms with E-state index >= 15 is 0 Å². The lowest BCUT2D eigenvalue weighted by atomic mass is 10.0. The van der Waals surface area contributed by atoms with Crippen molar-refractivity contribution < 1.29 is 28.6 Å². The fraction of sp³-hybridized carbons (Fsp3) is 0.951. The third-order valence-corrected chi connectivity index (χ3v) is 14.0. The number of carbonyl (C=O) groups is 3. The van der Waals surface area contributed by atoms with E-state index < -0.39 is 6.10 Å². The highest BCUT2D eigenvalue weighted by molar-refractivity contribution is 5.71. The lowest BCUT2D eigenvalue weighted by molar-refractivity contribution is -0.167. The van der Waals surface area contributed by atoms with Crippen LogP contribution in [0.25, 0.3) is 0 Å². The zero-order chi connectivity index (χ0) is 48.9. The van der Waals surface area contributed by atoms with Crippen LogP contribution in [0.2, 0.25) is 0 Å². The number of hydrogen-bond donors (Lipinski definition) is 0. The summed E-state index contributed by atoms with van der Waals surface area (Å²) in [7, 11) is 0. The van der Waals surface area contributed by atoms with Crippen molar-refractivity contribution in [3.63, 3.8) is 0 Å². The summed E-state index contributed by atoms with van der Waals surface area (Å²) in [4.78, 5) is 38.2. The molecular formula is C61H118O6. The molecule has 0 spiro atoms. The van der Waals surface area contributed by atoms with Gasteiger partial charge in [-0.2, -0.15) is 0 Å². The summed E-state index contributed by atoms with van der Waals surface area (Å²) < 4.78 is 16.9. The number of hydrogen-bond acceptors (Lipinski definition) is 6. The second kappa shape index (κ2) is 53.8. The van der Waals surface area contributed by atoms with E-state index in [0.29, 0.717) is 19.3 Å². The van der Waals surface area contributed by atoms with Crippen LogP contribution in [0.3, 0.4) is 0 Å². The summed E-state index contributed by atoms with van der Waals surface area (Å²) in [6, 6.07) is 0. The highest BCUT2D eigenvalue weighted by Crippen LogP contribution is 2.18. The van der Waals surface area contributed by atoms with Crippen LogP contribution in [-0.4, -0.2) is 37.2 Å². The van der Waals surface area contributed by atoms with Crippen molar-refractivity contribution in [1.29, 1.82) is 0 Å². The Morgan fingerprint density at radius 2 is 0.493 bits per heavy atom. The van der Waals surface area contributed by atoms with Crippen LogP contribution in [0.1, 0.15) is 343 Å². The van der Waals surface area contributed by atoms with Gasteiger partial charge in [0, 0.05) is 19.3 Å². The molecule has 0 amide bonds. The van der Waals surface area contributed by atoms with Crippen molar-refractivity contribution in [2.45, 2.75) is 349 Å². The summed E-state index contributed by atoms with van der Waals surface area (Å²) in [6.45, 7) is 11.4. The molecule has 1 atom stereocenters. The number of carbonyl (C=O) groups excluding carboxylic acids is 3. The smallest absolute Gasteiger partial charge is 0.306 e. The van der Waals surface area contributed by atoms with Gasteiger partial charge >= 0.3 is 17.9 Å². The van der Waals surface area contributed by atoms with E-state index in [4.69, 9.17) is 14.2 Å². The Bertz CT molecular complexity index is 1020. The van der Waals surface area contributed by atoms with E-state index in [2.05, 4.69) is 34.6 Å². The van der Waals surface area contributed by atoms with Crippen molar-refractivity contribution >= 4 is 17.9 Å². The zero-order valence-electron chi connectivity index (χ0n) is 46.0. The molecule has 0 N–H and O–H groups in total. The first-order chi connectivity index (χ1) is 32.7. The largest absolute Gasteiger partial charge is 0.462 e. The van der Waals surface area contributed by atoms with Crippen LogP contribution in [0.4, 0.5) is 0 Å². The summed E-state index contributed by atoms with van der Waals surface area (Å²) in [5.74, 6) is 0.838. The highest BCUT2D eigenvalue weighted by Gasteiger charge is 2.19. The second-order valence-electron chi connectivity index (χ2n) is 21.9. The molecule has 0 bridgehead atoms. The Morgan fingerprint density at radius 3 is 0.731 bits per heavy atom. The topological polar surface area (TPSA) is 78.9 Å². The Balaban J connectivity index is 4.30. The maximum absolute atomic E-state index is 12.9. The molecule has 0 radical (unpaired) electrons. The molecule has 6 nitrogen and oxygen atoms in total. The molecule has 0 aromatic rings. The predicted molar refractivity (Wildman–Crippen MR) is 289 cm³/mol. The van der Waals surface area contributed by atoms with Crippen molar-refractivity contribution in [2.75, 3.05) is 13.2 Å². The van der Waals surface area contributed by atoms with Gasteiger partial charge in [-0.15, -0.1) is 0 Å². The molecule has 0 rings (SSSR count). The van der Waals surface area contributed by atoms with Gasteiger partial charge in [-0.05, 0) is 31.1 Å². The van der Waals surface area contributed by atoms with E-state index in [1.165, 1.54) is 231 Å². The van der Waals surface area contributed by atoms with E-state index in [9.17, 15) is 14.4 Å². The van der Waals surface area contributed by atoms with Gasteiger partial charge in [-0.1, -0.05) is 304 Å². The first kappa shape index (κ1) is 65.4. The molecule has 0 unspecified atom stereocenters. The quantitative estimate of drug-likeness (QED) is 0.0343. The Hall–Kier alpha value is -1.59. The van der Waals surface area contributed by atoms with Gasteiger partial charge < -0.3 is 14.2 Å². The fourth-order valence-corrected chi connectivity index (χ4v) is 9.40. The number of unbranched alkanes of at least 4 members (excludes halogenated alkanes) is 40. The third-order valence-electron chi connectivity index (χ3n) is 14.0. The molecular weight excluding hydrogens is 829 g/mol. The van der Waals surface area contributed by atoms with Crippen LogP contribution in [0, 0.1) is 11.8 Å². The van der Waals surface area contributed by atoms with E-state index in [1.807, 2.05) is 0 Å². The van der Waals surface area contributed by atoms with Gasteiger partial charge in [0.1, 0.15) is 13.2 Å². The van der Waals surface area contributed by atoms with E-state index in [0.717, 1.165) is 69.6 Å². The summed E-state index contributed by atoms with van der Waals surface area (Å²) in [6.07, 6.45) is 58.1. The minimum atomic E-state index is -0.763. The summed E-state index contributed by atoms with van der Waals surface area (Å²) in [5.41, 5.74) is 0. The fourth-order valence-electron chi connectivity index (χ4n) is 9.40. The Kier molecular flexibility index (Phi) is 52.5. The highest BCUT2D eigenvalue weighted by atomic mass is 16.6. The van der Waals surface area contributed by atoms with Crippen molar-refractivity contribution in [1.82, 2.24) is 0 Å². The molecule has 0 saturated carbocycles. The molecule has 0 fully saturated rings. The van der Waals surface area contributed by atoms with Gasteiger partial charge in [0.15, 0.2) is 6.10 Å². The van der Waals surface area contributed by atoms with Crippen LogP contribution < -0.4 is 0 Å². The van der Waals surface area contributed by atoms with Crippen molar-refractivity contribution in [2.24, 2.45) is 11.8 Å². The maximum Gasteiger partial charge on any atom is 0.306 e. The van der Waals surface area contributed by atoms with Crippen molar-refractivity contribution in [3.8, 4) is 0 Å². The SMILES string of the molecule is CCCCCCCCCCCCCCCCCCCCC(=O)O[C@@H](COC(=O)CCCCCCCCCCCCCCCC(C)C)COC(=O)CCCCCCCCCCCCCCC(C)C. The molecule has 0 aliphatic heterocycles. The minimum absolute atomic E-state index is 0.0624. The van der Waals surface area contributed by atoms with Gasteiger partial charge in [-0.25, -0.2) is 0 Å². The Labute approximate surface area is 418 Å². The maximum atomic E-state index is 12.9. The summed E-state index contributed by atoms with van der Waals surface area (Å²) in [5, 5.41) is 0. The second-order valence-corrected chi connectivity index (χ2v) is 21.9. The first-order valence-corrected chi connectivity index (χ1v) is 30.2. The van der Waals surface area contributed by atoms with Gasteiger partial charge in [0.05, 0.1) is 0 Å². The normalized spacial score (nSPS) is 12.0. The first-order valence-electron chi connectivity index (χ1n) is 30.2. The summed E-state index contributed by atoms with van der Waals surface area (Å²) >= 11 is 0. The Morgan fingerprint density at radius 1 is 0.284 bits per heavy atom. The van der Waals surface area contributed by atoms with Crippen LogP contribution >= 0.6 is 0 Å². The van der Waals surface area contributed by atoms with Crippen LogP contribution in [0.15, 0.2) is 0 Å².